The van der Waals surface area contributed by atoms with Gasteiger partial charge in [0.25, 0.3) is 0 Å². The standard InChI is InChI=1S/C26H27N5O2/c32-25(13-17-2-1-3-19(12-17)20-15-28-31(16-20)21-6-7-21)29-24-14-22(8-10-27-24)30-11-9-23(26(30)33)18-4-5-18/h1-3,8,10,12,14-16,18,21,23H,4-7,9,11,13H2,(H,27,29,32)/t23-/m0/s1. The SMILES string of the molecule is O=C(Cc1cccc(-c2cnn(C3CC3)c2)c1)Nc1cc(N2CC[C@@H](C3CC3)C2=O)ccn1. The maximum absolute atomic E-state index is 12.8. The van der Waals surface area contributed by atoms with E-state index in [-0.39, 0.29) is 24.2 Å². The van der Waals surface area contributed by atoms with E-state index in [1.807, 2.05) is 46.1 Å². The summed E-state index contributed by atoms with van der Waals surface area (Å²) in [5.74, 6) is 1.29. The van der Waals surface area contributed by atoms with Crippen LogP contribution in [0, 0.1) is 11.8 Å². The summed E-state index contributed by atoms with van der Waals surface area (Å²) in [7, 11) is 0. The molecular weight excluding hydrogens is 414 g/mol. The monoisotopic (exact) mass is 441 g/mol. The van der Waals surface area contributed by atoms with Crippen LogP contribution in [0.25, 0.3) is 11.1 Å². The van der Waals surface area contributed by atoms with Gasteiger partial charge in [-0.15, -0.1) is 0 Å². The molecule has 0 unspecified atom stereocenters. The van der Waals surface area contributed by atoms with Crippen molar-refractivity contribution in [2.75, 3.05) is 16.8 Å². The van der Waals surface area contributed by atoms with Gasteiger partial charge in [0.1, 0.15) is 5.82 Å². The highest BCUT2D eigenvalue weighted by molar-refractivity contribution is 5.98. The maximum Gasteiger partial charge on any atom is 0.230 e. The molecule has 2 amide bonds. The molecule has 0 radical (unpaired) electrons. The Hall–Kier alpha value is -3.48. The van der Waals surface area contributed by atoms with Crippen molar-refractivity contribution in [2.45, 2.75) is 44.6 Å². The lowest BCUT2D eigenvalue weighted by atomic mass is 10.0. The first kappa shape index (κ1) is 20.1. The van der Waals surface area contributed by atoms with E-state index >= 15 is 0 Å². The molecule has 1 atom stereocenters. The van der Waals surface area contributed by atoms with Gasteiger partial charge in [-0.05, 0) is 55.2 Å². The second-order valence-electron chi connectivity index (χ2n) is 9.49. The highest BCUT2D eigenvalue weighted by Crippen LogP contribution is 2.43. The molecule has 3 heterocycles. The van der Waals surface area contributed by atoms with Crippen LogP contribution < -0.4 is 10.2 Å². The molecule has 7 heteroatoms. The quantitative estimate of drug-likeness (QED) is 0.595. The number of aromatic nitrogens is 3. The summed E-state index contributed by atoms with van der Waals surface area (Å²) in [5, 5.41) is 7.36. The first-order valence-corrected chi connectivity index (χ1v) is 11.8. The van der Waals surface area contributed by atoms with Crippen LogP contribution in [0.5, 0.6) is 0 Å². The van der Waals surface area contributed by atoms with Crippen LogP contribution in [0.1, 0.15) is 43.7 Å². The van der Waals surface area contributed by atoms with E-state index in [9.17, 15) is 9.59 Å². The van der Waals surface area contributed by atoms with Crippen LogP contribution in [-0.2, 0) is 16.0 Å². The predicted molar refractivity (Wildman–Crippen MR) is 126 cm³/mol. The van der Waals surface area contributed by atoms with Gasteiger partial charge >= 0.3 is 0 Å². The molecule has 7 nitrogen and oxygen atoms in total. The Labute approximate surface area is 192 Å². The van der Waals surface area contributed by atoms with E-state index in [1.165, 1.54) is 25.7 Å². The highest BCUT2D eigenvalue weighted by Gasteiger charge is 2.42. The second-order valence-corrected chi connectivity index (χ2v) is 9.49. The molecule has 2 aromatic heterocycles. The third-order valence-corrected chi connectivity index (χ3v) is 6.91. The molecule has 1 aliphatic heterocycles. The Bertz CT molecular complexity index is 1210. The highest BCUT2D eigenvalue weighted by atomic mass is 16.2. The number of rotatable bonds is 7. The van der Waals surface area contributed by atoms with E-state index in [0.29, 0.717) is 17.8 Å². The van der Waals surface area contributed by atoms with Gasteiger partial charge < -0.3 is 10.2 Å². The normalized spacial score (nSPS) is 20.3. The van der Waals surface area contributed by atoms with Crippen LogP contribution in [-0.4, -0.2) is 33.1 Å². The van der Waals surface area contributed by atoms with Gasteiger partial charge in [0.15, 0.2) is 0 Å². The Balaban J connectivity index is 1.11. The molecule has 3 fully saturated rings. The lowest BCUT2D eigenvalue weighted by Gasteiger charge is -2.17. The zero-order valence-corrected chi connectivity index (χ0v) is 18.5. The molecule has 2 aliphatic carbocycles. The molecule has 33 heavy (non-hydrogen) atoms. The second kappa shape index (κ2) is 8.14. The van der Waals surface area contributed by atoms with Crippen molar-refractivity contribution in [3.8, 4) is 11.1 Å². The Morgan fingerprint density at radius 1 is 1.06 bits per heavy atom. The van der Waals surface area contributed by atoms with Gasteiger partial charge in [0.05, 0.1) is 18.7 Å². The summed E-state index contributed by atoms with van der Waals surface area (Å²) >= 11 is 0. The predicted octanol–water partition coefficient (Wildman–Crippen LogP) is 4.22. The summed E-state index contributed by atoms with van der Waals surface area (Å²) in [5.41, 5.74) is 3.87. The van der Waals surface area contributed by atoms with Crippen molar-refractivity contribution in [3.05, 3.63) is 60.6 Å². The average molecular weight is 442 g/mol. The molecule has 3 aromatic rings. The topological polar surface area (TPSA) is 80.1 Å². The molecule has 0 bridgehead atoms. The minimum absolute atomic E-state index is 0.130. The largest absolute Gasteiger partial charge is 0.312 e. The summed E-state index contributed by atoms with van der Waals surface area (Å²) in [4.78, 5) is 31.6. The first-order chi connectivity index (χ1) is 16.1. The number of nitrogens with zero attached hydrogens (tertiary/aromatic N) is 4. The van der Waals surface area contributed by atoms with E-state index in [0.717, 1.165) is 35.3 Å². The van der Waals surface area contributed by atoms with Crippen molar-refractivity contribution >= 4 is 23.3 Å². The number of carbonyl (C=O) groups excluding carboxylic acids is 2. The Morgan fingerprint density at radius 2 is 1.94 bits per heavy atom. The molecule has 1 saturated heterocycles. The molecule has 3 aliphatic rings. The lowest BCUT2D eigenvalue weighted by molar-refractivity contribution is -0.121. The fourth-order valence-corrected chi connectivity index (χ4v) is 4.81. The van der Waals surface area contributed by atoms with E-state index in [4.69, 9.17) is 0 Å². The zero-order chi connectivity index (χ0) is 22.4. The van der Waals surface area contributed by atoms with Crippen molar-refractivity contribution in [1.29, 1.82) is 0 Å². The number of carbonyl (C=O) groups is 2. The van der Waals surface area contributed by atoms with E-state index in [1.54, 1.807) is 12.3 Å². The fraction of sp³-hybridized carbons (Fsp3) is 0.385. The molecule has 1 aromatic carbocycles. The number of hydrogen-bond acceptors (Lipinski definition) is 4. The van der Waals surface area contributed by atoms with Gasteiger partial charge in [-0.2, -0.15) is 5.10 Å². The van der Waals surface area contributed by atoms with Crippen LogP contribution >= 0.6 is 0 Å². The van der Waals surface area contributed by atoms with Gasteiger partial charge in [0.2, 0.25) is 11.8 Å². The number of pyridine rings is 1. The van der Waals surface area contributed by atoms with Crippen molar-refractivity contribution in [3.63, 3.8) is 0 Å². The van der Waals surface area contributed by atoms with Crippen LogP contribution in [0.4, 0.5) is 11.5 Å². The van der Waals surface area contributed by atoms with E-state index < -0.39 is 0 Å². The number of benzene rings is 1. The number of nitrogens with one attached hydrogen (secondary N) is 1. The van der Waals surface area contributed by atoms with E-state index in [2.05, 4.69) is 21.6 Å². The number of anilines is 2. The summed E-state index contributed by atoms with van der Waals surface area (Å²) < 4.78 is 2.03. The Morgan fingerprint density at radius 3 is 2.76 bits per heavy atom. The van der Waals surface area contributed by atoms with Gasteiger partial charge in [-0.25, -0.2) is 4.98 Å². The summed E-state index contributed by atoms with van der Waals surface area (Å²) in [6.45, 7) is 0.738. The van der Waals surface area contributed by atoms with Gasteiger partial charge in [-0.3, -0.25) is 14.3 Å². The van der Waals surface area contributed by atoms with Crippen molar-refractivity contribution in [1.82, 2.24) is 14.8 Å². The van der Waals surface area contributed by atoms with Crippen LogP contribution in [0.2, 0.25) is 0 Å². The number of amides is 2. The molecule has 168 valence electrons. The van der Waals surface area contributed by atoms with Gasteiger partial charge in [0, 0.05) is 42.2 Å². The minimum atomic E-state index is -0.130. The smallest absolute Gasteiger partial charge is 0.230 e. The molecule has 2 saturated carbocycles. The summed E-state index contributed by atoms with van der Waals surface area (Å²) in [6.07, 6.45) is 11.5. The fourth-order valence-electron chi connectivity index (χ4n) is 4.81. The average Bonchev–Trinajstić information content (AvgIpc) is 3.75. The van der Waals surface area contributed by atoms with Crippen LogP contribution in [0.3, 0.4) is 0 Å². The Kier molecular flexibility index (Phi) is 4.97. The molecular formula is C26H27N5O2. The molecule has 6 rings (SSSR count). The van der Waals surface area contributed by atoms with Gasteiger partial charge in [-0.1, -0.05) is 24.3 Å². The molecule has 0 spiro atoms. The lowest BCUT2D eigenvalue weighted by Crippen LogP contribution is -2.27. The third-order valence-electron chi connectivity index (χ3n) is 6.91. The van der Waals surface area contributed by atoms with Crippen molar-refractivity contribution < 1.29 is 9.59 Å². The van der Waals surface area contributed by atoms with Crippen molar-refractivity contribution in [2.24, 2.45) is 11.8 Å². The third kappa shape index (κ3) is 4.27. The summed E-state index contributed by atoms with van der Waals surface area (Å²) in [6, 6.07) is 12.2. The molecule has 1 N–H and O–H groups in total. The minimum Gasteiger partial charge on any atom is -0.312 e. The maximum atomic E-state index is 12.8. The van der Waals surface area contributed by atoms with Crippen LogP contribution in [0.15, 0.2) is 55.0 Å². The number of hydrogen-bond donors (Lipinski definition) is 1. The first-order valence-electron chi connectivity index (χ1n) is 11.8. The zero-order valence-electron chi connectivity index (χ0n) is 18.5.